The Morgan fingerprint density at radius 3 is 2.31 bits per heavy atom. The Morgan fingerprint density at radius 2 is 1.81 bits per heavy atom. The maximum absolute atomic E-state index is 11.9. The van der Waals surface area contributed by atoms with Gasteiger partial charge in [0, 0.05) is 39.1 Å². The molecule has 3 nitrogen and oxygen atoms in total. The summed E-state index contributed by atoms with van der Waals surface area (Å²) < 4.78 is 0. The highest BCUT2D eigenvalue weighted by Gasteiger charge is 2.27. The minimum atomic E-state index is 0.348. The molecule has 1 aliphatic carbocycles. The lowest BCUT2D eigenvalue weighted by Gasteiger charge is -2.35. The maximum Gasteiger partial charge on any atom is 0.222 e. The van der Waals surface area contributed by atoms with E-state index >= 15 is 0 Å². The van der Waals surface area contributed by atoms with Gasteiger partial charge in [-0.15, -0.1) is 0 Å². The van der Waals surface area contributed by atoms with Crippen LogP contribution in [0, 0.1) is 11.8 Å². The predicted octanol–water partition coefficient (Wildman–Crippen LogP) is 1.59. The van der Waals surface area contributed by atoms with E-state index in [-0.39, 0.29) is 0 Å². The van der Waals surface area contributed by atoms with E-state index in [1.807, 2.05) is 4.90 Å². The standard InChI is InChI=1S/C13H24N2O/c1-11(2)9-13(16)15-7-5-14(6-8-15)10-12-3-4-12/h11-12H,3-10H2,1-2H3. The second-order valence-electron chi connectivity index (χ2n) is 5.72. The van der Waals surface area contributed by atoms with E-state index in [0.717, 1.165) is 32.1 Å². The van der Waals surface area contributed by atoms with E-state index < -0.39 is 0 Å². The monoisotopic (exact) mass is 224 g/mol. The van der Waals surface area contributed by atoms with Gasteiger partial charge < -0.3 is 4.90 Å². The molecular weight excluding hydrogens is 200 g/mol. The summed E-state index contributed by atoms with van der Waals surface area (Å²) in [7, 11) is 0. The van der Waals surface area contributed by atoms with Gasteiger partial charge in [-0.2, -0.15) is 0 Å². The SMILES string of the molecule is CC(C)CC(=O)N1CCN(CC2CC2)CC1. The first kappa shape index (κ1) is 11.9. The van der Waals surface area contributed by atoms with Gasteiger partial charge in [-0.1, -0.05) is 13.8 Å². The molecule has 1 saturated heterocycles. The minimum absolute atomic E-state index is 0.348. The predicted molar refractivity (Wildman–Crippen MR) is 65.2 cm³/mol. The molecule has 16 heavy (non-hydrogen) atoms. The first-order valence-electron chi connectivity index (χ1n) is 6.65. The van der Waals surface area contributed by atoms with Crippen molar-refractivity contribution in [1.29, 1.82) is 0 Å². The van der Waals surface area contributed by atoms with Gasteiger partial charge in [-0.05, 0) is 24.7 Å². The lowest BCUT2D eigenvalue weighted by atomic mass is 10.1. The molecule has 1 aliphatic heterocycles. The van der Waals surface area contributed by atoms with Crippen LogP contribution in [-0.4, -0.2) is 48.4 Å². The van der Waals surface area contributed by atoms with Gasteiger partial charge in [0.05, 0.1) is 0 Å². The highest BCUT2D eigenvalue weighted by Crippen LogP contribution is 2.29. The van der Waals surface area contributed by atoms with Crippen LogP contribution >= 0.6 is 0 Å². The molecule has 1 saturated carbocycles. The van der Waals surface area contributed by atoms with Crippen LogP contribution in [0.2, 0.25) is 0 Å². The highest BCUT2D eigenvalue weighted by atomic mass is 16.2. The Labute approximate surface area is 98.8 Å². The van der Waals surface area contributed by atoms with Gasteiger partial charge in [0.15, 0.2) is 0 Å². The van der Waals surface area contributed by atoms with Crippen LogP contribution in [0.3, 0.4) is 0 Å². The Balaban J connectivity index is 1.69. The molecule has 1 amide bonds. The van der Waals surface area contributed by atoms with E-state index in [9.17, 15) is 4.79 Å². The second kappa shape index (κ2) is 5.17. The Kier molecular flexibility index (Phi) is 3.85. The summed E-state index contributed by atoms with van der Waals surface area (Å²) in [6, 6.07) is 0. The fourth-order valence-electron chi connectivity index (χ4n) is 2.32. The van der Waals surface area contributed by atoms with Crippen molar-refractivity contribution < 1.29 is 4.79 Å². The van der Waals surface area contributed by atoms with E-state index in [2.05, 4.69) is 18.7 Å². The van der Waals surface area contributed by atoms with Gasteiger partial charge in [0.2, 0.25) is 5.91 Å². The summed E-state index contributed by atoms with van der Waals surface area (Å²) in [5.74, 6) is 1.80. The van der Waals surface area contributed by atoms with Crippen molar-refractivity contribution >= 4 is 5.91 Å². The third-order valence-electron chi connectivity index (χ3n) is 3.52. The molecule has 0 bridgehead atoms. The number of hydrogen-bond acceptors (Lipinski definition) is 2. The van der Waals surface area contributed by atoms with Crippen LogP contribution in [0.5, 0.6) is 0 Å². The third-order valence-corrected chi connectivity index (χ3v) is 3.52. The Hall–Kier alpha value is -0.570. The Morgan fingerprint density at radius 1 is 1.19 bits per heavy atom. The van der Waals surface area contributed by atoms with Crippen LogP contribution in [-0.2, 0) is 4.79 Å². The largest absolute Gasteiger partial charge is 0.340 e. The average Bonchev–Trinajstić information content (AvgIpc) is 3.01. The van der Waals surface area contributed by atoms with Crippen LogP contribution in [0.4, 0.5) is 0 Å². The molecule has 2 aliphatic rings. The van der Waals surface area contributed by atoms with Crippen LogP contribution in [0.1, 0.15) is 33.1 Å². The molecule has 0 aromatic rings. The highest BCUT2D eigenvalue weighted by molar-refractivity contribution is 5.76. The molecule has 2 fully saturated rings. The number of amides is 1. The van der Waals surface area contributed by atoms with Crippen LogP contribution < -0.4 is 0 Å². The molecule has 92 valence electrons. The molecule has 0 aromatic carbocycles. The lowest BCUT2D eigenvalue weighted by molar-refractivity contribution is -0.133. The number of nitrogens with zero attached hydrogens (tertiary/aromatic N) is 2. The van der Waals surface area contributed by atoms with Crippen LogP contribution in [0.15, 0.2) is 0 Å². The third kappa shape index (κ3) is 3.48. The van der Waals surface area contributed by atoms with Crippen molar-refractivity contribution in [1.82, 2.24) is 9.80 Å². The van der Waals surface area contributed by atoms with Gasteiger partial charge in [-0.25, -0.2) is 0 Å². The van der Waals surface area contributed by atoms with E-state index in [1.54, 1.807) is 0 Å². The zero-order valence-corrected chi connectivity index (χ0v) is 10.6. The molecule has 0 atom stereocenters. The number of rotatable bonds is 4. The number of carbonyl (C=O) groups excluding carboxylic acids is 1. The van der Waals surface area contributed by atoms with Gasteiger partial charge in [0.1, 0.15) is 0 Å². The summed E-state index contributed by atoms with van der Waals surface area (Å²) in [5, 5.41) is 0. The molecular formula is C13H24N2O. The smallest absolute Gasteiger partial charge is 0.222 e. The fraction of sp³-hybridized carbons (Fsp3) is 0.923. The fourth-order valence-corrected chi connectivity index (χ4v) is 2.32. The molecule has 0 spiro atoms. The molecule has 1 heterocycles. The quantitative estimate of drug-likeness (QED) is 0.724. The normalized spacial score (nSPS) is 22.8. The van der Waals surface area contributed by atoms with Crippen molar-refractivity contribution in [2.45, 2.75) is 33.1 Å². The Bertz CT molecular complexity index is 240. The first-order valence-corrected chi connectivity index (χ1v) is 6.65. The van der Waals surface area contributed by atoms with Crippen molar-refractivity contribution in [2.75, 3.05) is 32.7 Å². The number of piperazine rings is 1. The average molecular weight is 224 g/mol. The number of hydrogen-bond donors (Lipinski definition) is 0. The van der Waals surface area contributed by atoms with Crippen molar-refractivity contribution in [3.05, 3.63) is 0 Å². The lowest BCUT2D eigenvalue weighted by Crippen LogP contribution is -2.49. The second-order valence-corrected chi connectivity index (χ2v) is 5.72. The summed E-state index contributed by atoms with van der Waals surface area (Å²) in [6.45, 7) is 9.55. The summed E-state index contributed by atoms with van der Waals surface area (Å²) in [4.78, 5) is 16.4. The topological polar surface area (TPSA) is 23.6 Å². The first-order chi connectivity index (χ1) is 7.65. The van der Waals surface area contributed by atoms with Gasteiger partial charge >= 0.3 is 0 Å². The van der Waals surface area contributed by atoms with Crippen LogP contribution in [0.25, 0.3) is 0 Å². The molecule has 0 radical (unpaired) electrons. The van der Waals surface area contributed by atoms with Crippen molar-refractivity contribution in [2.24, 2.45) is 11.8 Å². The van der Waals surface area contributed by atoms with E-state index in [0.29, 0.717) is 18.2 Å². The summed E-state index contributed by atoms with van der Waals surface area (Å²) in [6.07, 6.45) is 3.56. The number of carbonyl (C=O) groups is 1. The van der Waals surface area contributed by atoms with E-state index in [4.69, 9.17) is 0 Å². The molecule has 2 rings (SSSR count). The van der Waals surface area contributed by atoms with E-state index in [1.165, 1.54) is 19.4 Å². The summed E-state index contributed by atoms with van der Waals surface area (Å²) in [5.41, 5.74) is 0. The van der Waals surface area contributed by atoms with Gasteiger partial charge in [-0.3, -0.25) is 9.69 Å². The zero-order valence-electron chi connectivity index (χ0n) is 10.6. The minimum Gasteiger partial charge on any atom is -0.340 e. The maximum atomic E-state index is 11.9. The molecule has 3 heteroatoms. The molecule has 0 aromatic heterocycles. The van der Waals surface area contributed by atoms with Crippen molar-refractivity contribution in [3.8, 4) is 0 Å². The molecule has 0 unspecified atom stereocenters. The molecule has 0 N–H and O–H groups in total. The zero-order chi connectivity index (χ0) is 11.5. The van der Waals surface area contributed by atoms with Crippen molar-refractivity contribution in [3.63, 3.8) is 0 Å². The van der Waals surface area contributed by atoms with Gasteiger partial charge in [0.25, 0.3) is 0 Å². The summed E-state index contributed by atoms with van der Waals surface area (Å²) >= 11 is 0.